The first kappa shape index (κ1) is 22.7. The van der Waals surface area contributed by atoms with Crippen LogP contribution >= 0.6 is 0 Å². The Bertz CT molecular complexity index is 1120. The molecule has 5 rings (SSSR count). The van der Waals surface area contributed by atoms with Gasteiger partial charge in [-0.1, -0.05) is 36.4 Å². The van der Waals surface area contributed by atoms with Crippen LogP contribution in [0, 0.1) is 5.82 Å². The van der Waals surface area contributed by atoms with Crippen LogP contribution in [-0.4, -0.2) is 63.7 Å². The molecule has 0 radical (unpaired) electrons. The van der Waals surface area contributed by atoms with Crippen molar-refractivity contribution >= 4 is 5.91 Å². The molecule has 178 valence electrons. The number of nitrogens with zero attached hydrogens (tertiary/aromatic N) is 4. The zero-order valence-electron chi connectivity index (χ0n) is 19.2. The van der Waals surface area contributed by atoms with Crippen molar-refractivity contribution in [2.45, 2.75) is 44.4 Å². The Kier molecular flexibility index (Phi) is 6.72. The summed E-state index contributed by atoms with van der Waals surface area (Å²) in [6.45, 7) is 3.33. The van der Waals surface area contributed by atoms with Crippen LogP contribution in [-0.2, 0) is 6.54 Å². The summed E-state index contributed by atoms with van der Waals surface area (Å²) in [7, 11) is 0. The molecular weight excluding hydrogens is 434 g/mol. The fraction of sp³-hybridized carbons (Fsp3) is 0.407. The van der Waals surface area contributed by atoms with E-state index in [1.165, 1.54) is 12.1 Å². The highest BCUT2D eigenvalue weighted by Crippen LogP contribution is 2.26. The molecule has 1 atom stereocenters. The monoisotopic (exact) mass is 464 g/mol. The van der Waals surface area contributed by atoms with E-state index in [1.54, 1.807) is 24.7 Å². The molecule has 3 aromatic rings. The lowest BCUT2D eigenvalue weighted by Crippen LogP contribution is -2.50. The normalized spacial score (nSPS) is 19.9. The van der Waals surface area contributed by atoms with Crippen LogP contribution in [0.3, 0.4) is 0 Å². The predicted molar refractivity (Wildman–Crippen MR) is 128 cm³/mol. The number of halogens is 2. The van der Waals surface area contributed by atoms with Gasteiger partial charge in [-0.15, -0.1) is 0 Å². The number of piperidine rings is 2. The average Bonchev–Trinajstić information content (AvgIpc) is 3.33. The highest BCUT2D eigenvalue weighted by Gasteiger charge is 2.31. The molecule has 5 nitrogen and oxygen atoms in total. The maximum atomic E-state index is 13.8. The van der Waals surface area contributed by atoms with Crippen molar-refractivity contribution in [1.82, 2.24) is 19.4 Å². The number of alkyl halides is 1. The minimum atomic E-state index is -0.722. The number of hydrogen-bond acceptors (Lipinski definition) is 3. The molecule has 0 aliphatic carbocycles. The van der Waals surface area contributed by atoms with Gasteiger partial charge in [0.2, 0.25) is 0 Å². The van der Waals surface area contributed by atoms with Gasteiger partial charge in [0, 0.05) is 32.2 Å². The Labute approximate surface area is 199 Å². The summed E-state index contributed by atoms with van der Waals surface area (Å²) in [6, 6.07) is 14.8. The van der Waals surface area contributed by atoms with Crippen molar-refractivity contribution in [1.29, 1.82) is 0 Å². The average molecular weight is 465 g/mol. The quantitative estimate of drug-likeness (QED) is 0.546. The van der Waals surface area contributed by atoms with E-state index < -0.39 is 6.17 Å². The molecular formula is C27H30F2N4O. The zero-order valence-corrected chi connectivity index (χ0v) is 19.2. The molecule has 0 spiro atoms. The van der Waals surface area contributed by atoms with E-state index in [0.29, 0.717) is 44.3 Å². The molecule has 2 aromatic carbocycles. The summed E-state index contributed by atoms with van der Waals surface area (Å²) in [6.07, 6.45) is 5.94. The molecule has 34 heavy (non-hydrogen) atoms. The van der Waals surface area contributed by atoms with E-state index in [4.69, 9.17) is 0 Å². The number of aromatic nitrogens is 2. The minimum Gasteiger partial charge on any atom is -0.337 e. The van der Waals surface area contributed by atoms with Gasteiger partial charge < -0.3 is 9.47 Å². The van der Waals surface area contributed by atoms with Crippen LogP contribution in [0.1, 0.15) is 41.7 Å². The minimum absolute atomic E-state index is 0.0165. The van der Waals surface area contributed by atoms with Gasteiger partial charge in [-0.2, -0.15) is 0 Å². The number of rotatable bonds is 5. The summed E-state index contributed by atoms with van der Waals surface area (Å²) >= 11 is 0. The molecule has 1 aromatic heterocycles. The van der Waals surface area contributed by atoms with Gasteiger partial charge in [-0.3, -0.25) is 9.69 Å². The fourth-order valence-corrected chi connectivity index (χ4v) is 5.26. The lowest BCUT2D eigenvalue weighted by molar-refractivity contribution is 0.0471. The number of carbonyl (C=O) groups excluding carboxylic acids is 1. The van der Waals surface area contributed by atoms with Crippen molar-refractivity contribution in [3.63, 3.8) is 0 Å². The maximum Gasteiger partial charge on any atom is 0.272 e. The van der Waals surface area contributed by atoms with Crippen molar-refractivity contribution in [3.8, 4) is 11.1 Å². The Balaban J connectivity index is 1.27. The highest BCUT2D eigenvalue weighted by molar-refractivity contribution is 5.92. The number of imidazole rings is 1. The molecule has 2 aliphatic rings. The van der Waals surface area contributed by atoms with Crippen molar-refractivity contribution in [3.05, 3.63) is 78.1 Å². The number of carbonyl (C=O) groups is 1. The zero-order chi connectivity index (χ0) is 23.5. The number of likely N-dealkylation sites (tertiary alicyclic amines) is 2. The van der Waals surface area contributed by atoms with Crippen molar-refractivity contribution in [2.75, 3.05) is 26.2 Å². The van der Waals surface area contributed by atoms with E-state index in [0.717, 1.165) is 42.5 Å². The van der Waals surface area contributed by atoms with E-state index in [1.807, 2.05) is 33.7 Å². The molecule has 7 heteroatoms. The van der Waals surface area contributed by atoms with Crippen LogP contribution in [0.15, 0.2) is 61.1 Å². The van der Waals surface area contributed by atoms with Crippen LogP contribution in [0.4, 0.5) is 8.78 Å². The molecule has 2 saturated heterocycles. The van der Waals surface area contributed by atoms with Gasteiger partial charge in [-0.25, -0.2) is 13.8 Å². The number of hydrogen-bond donors (Lipinski definition) is 0. The molecule has 0 saturated carbocycles. The number of benzene rings is 2. The molecule has 1 unspecified atom stereocenters. The Morgan fingerprint density at radius 3 is 2.53 bits per heavy atom. The third-order valence-electron chi connectivity index (χ3n) is 7.11. The van der Waals surface area contributed by atoms with Gasteiger partial charge in [0.05, 0.1) is 12.5 Å². The van der Waals surface area contributed by atoms with Crippen LogP contribution in [0.25, 0.3) is 11.1 Å². The summed E-state index contributed by atoms with van der Waals surface area (Å²) in [4.78, 5) is 21.8. The van der Waals surface area contributed by atoms with E-state index in [9.17, 15) is 13.6 Å². The van der Waals surface area contributed by atoms with Crippen molar-refractivity contribution in [2.24, 2.45) is 0 Å². The maximum absolute atomic E-state index is 13.8. The lowest BCUT2D eigenvalue weighted by atomic mass is 9.99. The van der Waals surface area contributed by atoms with E-state index in [-0.39, 0.29) is 11.7 Å². The molecule has 0 bridgehead atoms. The highest BCUT2D eigenvalue weighted by atomic mass is 19.1. The van der Waals surface area contributed by atoms with E-state index in [2.05, 4.69) is 9.88 Å². The van der Waals surface area contributed by atoms with E-state index >= 15 is 0 Å². The molecule has 2 aliphatic heterocycles. The van der Waals surface area contributed by atoms with Crippen molar-refractivity contribution < 1.29 is 13.6 Å². The molecule has 0 N–H and O–H groups in total. The third-order valence-corrected chi connectivity index (χ3v) is 7.11. The second-order valence-corrected chi connectivity index (χ2v) is 9.33. The van der Waals surface area contributed by atoms with Gasteiger partial charge in [0.25, 0.3) is 5.91 Å². The first-order chi connectivity index (χ1) is 16.6. The second-order valence-electron chi connectivity index (χ2n) is 9.33. The summed E-state index contributed by atoms with van der Waals surface area (Å²) < 4.78 is 29.1. The predicted octanol–water partition coefficient (Wildman–Crippen LogP) is 4.78. The summed E-state index contributed by atoms with van der Waals surface area (Å²) in [5, 5.41) is 0. The fourth-order valence-electron chi connectivity index (χ4n) is 5.26. The first-order valence-electron chi connectivity index (χ1n) is 12.1. The largest absolute Gasteiger partial charge is 0.337 e. The number of amides is 1. The van der Waals surface area contributed by atoms with Gasteiger partial charge >= 0.3 is 0 Å². The smallest absolute Gasteiger partial charge is 0.272 e. The standard InChI is InChI=1S/C27H30F2N4O/c28-22-9-7-20(8-10-22)25-6-2-1-4-21(25)17-33-19-30-16-26(33)27(34)31-14-11-24(12-15-31)32-13-3-5-23(29)18-32/h1-2,4,6-10,16,19,23-24H,3,5,11-15,17-18H2. The summed E-state index contributed by atoms with van der Waals surface area (Å²) in [5.41, 5.74) is 3.53. The first-order valence-corrected chi connectivity index (χ1v) is 12.1. The summed E-state index contributed by atoms with van der Waals surface area (Å²) in [5.74, 6) is -0.283. The Morgan fingerprint density at radius 2 is 1.76 bits per heavy atom. The Hall–Kier alpha value is -3.06. The molecule has 2 fully saturated rings. The SMILES string of the molecule is O=C(c1cncn1Cc1ccccc1-c1ccc(F)cc1)N1CCC(N2CCCC(F)C2)CC1. The topological polar surface area (TPSA) is 41.4 Å². The molecule has 3 heterocycles. The van der Waals surface area contributed by atoms with Crippen LogP contribution in [0.5, 0.6) is 0 Å². The second kappa shape index (κ2) is 10.1. The van der Waals surface area contributed by atoms with Crippen LogP contribution < -0.4 is 0 Å². The van der Waals surface area contributed by atoms with Gasteiger partial charge in [0.15, 0.2) is 0 Å². The Morgan fingerprint density at radius 1 is 1.00 bits per heavy atom. The molecule has 1 amide bonds. The lowest BCUT2D eigenvalue weighted by Gasteiger charge is -2.40. The third kappa shape index (κ3) is 4.89. The van der Waals surface area contributed by atoms with Gasteiger partial charge in [-0.05, 0) is 61.1 Å². The van der Waals surface area contributed by atoms with Gasteiger partial charge in [0.1, 0.15) is 17.7 Å². The van der Waals surface area contributed by atoms with Crippen LogP contribution in [0.2, 0.25) is 0 Å².